The van der Waals surface area contributed by atoms with E-state index >= 15 is 0 Å². The maximum absolute atomic E-state index is 11.5. The Balaban J connectivity index is 4.64. The van der Waals surface area contributed by atoms with Crippen molar-refractivity contribution in [2.45, 2.75) is 33.6 Å². The molecule has 0 aromatic heterocycles. The highest BCUT2D eigenvalue weighted by molar-refractivity contribution is 7.68. The molecule has 0 bridgehead atoms. The molecule has 0 aliphatic heterocycles. The average Bonchev–Trinajstić information content (AvgIpc) is 2.23. The van der Waals surface area contributed by atoms with Gasteiger partial charge in [0.2, 0.25) is 0 Å². The minimum absolute atomic E-state index is 0.689. The van der Waals surface area contributed by atoms with Gasteiger partial charge in [-0.25, -0.2) is 8.88 Å². The third-order valence-corrected chi connectivity index (χ3v) is 5.83. The van der Waals surface area contributed by atoms with E-state index in [-0.39, 0.29) is 0 Å². The molecule has 126 valence electrons. The molecule has 0 amide bonds. The van der Waals surface area contributed by atoms with Gasteiger partial charge in [-0.2, -0.15) is 0 Å². The molecule has 0 aliphatic carbocycles. The zero-order valence-electron chi connectivity index (χ0n) is 12.4. The van der Waals surface area contributed by atoms with E-state index in [2.05, 4.69) is 14.7 Å². The lowest BCUT2D eigenvalue weighted by Crippen LogP contribution is -1.87. The zero-order valence-corrected chi connectivity index (χ0v) is 15.1. The summed E-state index contributed by atoms with van der Waals surface area (Å²) in [5.41, 5.74) is 2.12. The molecule has 0 saturated carbocycles. The van der Waals surface area contributed by atoms with Crippen LogP contribution < -0.4 is 0 Å². The van der Waals surface area contributed by atoms with Gasteiger partial charge in [-0.3, -0.25) is 9.46 Å². The Hall–Kier alpha value is -0.420. The van der Waals surface area contributed by atoms with E-state index in [0.717, 1.165) is 18.4 Å². The molecule has 3 unspecified atom stereocenters. The Morgan fingerprint density at radius 2 is 1.82 bits per heavy atom. The van der Waals surface area contributed by atoms with Crippen molar-refractivity contribution in [1.82, 2.24) is 0 Å². The summed E-state index contributed by atoms with van der Waals surface area (Å²) < 4.78 is 40.5. The fraction of sp³-hybridized carbons (Fsp3) is 0.455. The van der Waals surface area contributed by atoms with Crippen LogP contribution >= 0.6 is 23.7 Å². The largest absolute Gasteiger partial charge is 0.705 e. The summed E-state index contributed by atoms with van der Waals surface area (Å²) in [6.45, 7) is 5.78. The van der Waals surface area contributed by atoms with E-state index in [9.17, 15) is 18.6 Å². The summed E-state index contributed by atoms with van der Waals surface area (Å²) in [7, 11) is -13.1. The number of allylic oxidation sites excluding steroid dienone is 5. The quantitative estimate of drug-likeness (QED) is 0.312. The van der Waals surface area contributed by atoms with Gasteiger partial charge in [0.25, 0.3) is 0 Å². The Kier molecular flexibility index (Phi) is 9.47. The molecule has 0 fully saturated rings. The van der Waals surface area contributed by atoms with Crippen LogP contribution in [0.1, 0.15) is 33.6 Å². The fourth-order valence-electron chi connectivity index (χ4n) is 1.27. The lowest BCUT2D eigenvalue weighted by molar-refractivity contribution is 0.266. The monoisotopic (exact) mass is 373 g/mol. The first-order chi connectivity index (χ1) is 9.93. The molecule has 3 N–H and O–H groups in total. The smallest absolute Gasteiger partial charge is 0.321 e. The summed E-state index contributed by atoms with van der Waals surface area (Å²) in [4.78, 5) is 26.6. The van der Waals surface area contributed by atoms with Crippen molar-refractivity contribution in [2.24, 2.45) is 0 Å². The first kappa shape index (κ1) is 21.6. The van der Waals surface area contributed by atoms with Crippen molar-refractivity contribution in [3.05, 3.63) is 35.2 Å². The molecule has 0 aromatic carbocycles. The maximum Gasteiger partial charge on any atom is 0.705 e. The topological polar surface area (TPSA) is 130 Å². The Labute approximate surface area is 130 Å². The van der Waals surface area contributed by atoms with Crippen molar-refractivity contribution in [3.63, 3.8) is 0 Å². The first-order valence-electron chi connectivity index (χ1n) is 6.14. The van der Waals surface area contributed by atoms with Gasteiger partial charge < -0.3 is 4.89 Å². The van der Waals surface area contributed by atoms with Crippen molar-refractivity contribution >= 4 is 23.7 Å². The molecule has 0 spiro atoms. The average molecular weight is 373 g/mol. The number of hydrogen-bond donors (Lipinski definition) is 3. The summed E-state index contributed by atoms with van der Waals surface area (Å²) in [6.07, 6.45) is 6.39. The van der Waals surface area contributed by atoms with Gasteiger partial charge in [0.15, 0.2) is 0 Å². The van der Waals surface area contributed by atoms with Gasteiger partial charge in [-0.05, 0) is 37.9 Å². The molecule has 0 radical (unpaired) electrons. The number of rotatable bonds is 9. The van der Waals surface area contributed by atoms with Gasteiger partial charge in [0.05, 0.1) is 0 Å². The van der Waals surface area contributed by atoms with E-state index in [1.165, 1.54) is 11.6 Å². The van der Waals surface area contributed by atoms with Crippen LogP contribution in [0.5, 0.6) is 0 Å². The van der Waals surface area contributed by atoms with Crippen LogP contribution in [-0.4, -0.2) is 14.7 Å². The number of hydrogen-bond acceptors (Lipinski definition) is 5. The van der Waals surface area contributed by atoms with E-state index in [0.29, 0.717) is 5.82 Å². The van der Waals surface area contributed by atoms with Crippen molar-refractivity contribution in [1.29, 1.82) is 0 Å². The van der Waals surface area contributed by atoms with Crippen LogP contribution in [0.25, 0.3) is 0 Å². The lowest BCUT2D eigenvalue weighted by atomic mass is 10.1. The highest BCUT2D eigenvalue weighted by atomic mass is 31.3. The Bertz CT molecular complexity index is 574. The van der Waals surface area contributed by atoms with Crippen molar-refractivity contribution in [2.75, 3.05) is 0 Å². The van der Waals surface area contributed by atoms with Crippen LogP contribution in [0, 0.1) is 0 Å². The summed E-state index contributed by atoms with van der Waals surface area (Å²) in [5.74, 6) is 0.689. The first-order valence-corrected chi connectivity index (χ1v) is 10.4. The molecular weight excluding hydrogens is 353 g/mol. The van der Waals surface area contributed by atoms with Crippen LogP contribution in [0.4, 0.5) is 0 Å². The van der Waals surface area contributed by atoms with Gasteiger partial charge >= 0.3 is 23.7 Å². The van der Waals surface area contributed by atoms with E-state index < -0.39 is 23.7 Å². The number of phosphoric acid groups is 1. The van der Waals surface area contributed by atoms with Crippen LogP contribution in [0.15, 0.2) is 35.2 Å². The van der Waals surface area contributed by atoms with Gasteiger partial charge in [-0.1, -0.05) is 29.4 Å². The lowest BCUT2D eigenvalue weighted by Gasteiger charge is -2.07. The van der Waals surface area contributed by atoms with E-state index in [1.807, 2.05) is 20.8 Å². The van der Waals surface area contributed by atoms with Gasteiger partial charge in [0, 0.05) is 10.4 Å². The molecule has 0 heterocycles. The predicted molar refractivity (Wildman–Crippen MR) is 83.2 cm³/mol. The minimum atomic E-state index is -5.09. The van der Waals surface area contributed by atoms with E-state index in [1.54, 1.807) is 6.08 Å². The molecule has 0 aromatic rings. The minimum Gasteiger partial charge on any atom is -0.321 e. The van der Waals surface area contributed by atoms with Crippen LogP contribution in [-0.2, 0) is 22.3 Å². The van der Waals surface area contributed by atoms with Gasteiger partial charge in [-0.15, -0.1) is 4.89 Å². The fourth-order valence-corrected chi connectivity index (χ4v) is 4.06. The summed E-state index contributed by atoms with van der Waals surface area (Å²) >= 11 is 0. The molecule has 22 heavy (non-hydrogen) atoms. The van der Waals surface area contributed by atoms with Crippen molar-refractivity contribution in [3.8, 4) is 0 Å². The molecule has 0 rings (SSSR count). The zero-order chi connectivity index (χ0) is 17.4. The van der Waals surface area contributed by atoms with Crippen molar-refractivity contribution < 1.29 is 37.0 Å². The Morgan fingerprint density at radius 1 is 1.23 bits per heavy atom. The van der Waals surface area contributed by atoms with Crippen LogP contribution in [0.3, 0.4) is 0 Å². The van der Waals surface area contributed by atoms with Crippen LogP contribution in [0.2, 0.25) is 0 Å². The SMILES string of the molecule is CC(C)=CCCC(C)=CC=CP(=O)(O)OP(=O)(O)O[P+](=O)O. The maximum atomic E-state index is 11.5. The second kappa shape index (κ2) is 9.66. The van der Waals surface area contributed by atoms with Gasteiger partial charge in [0.1, 0.15) is 0 Å². The summed E-state index contributed by atoms with van der Waals surface area (Å²) in [5, 5.41) is 0. The molecule has 0 aliphatic rings. The predicted octanol–water partition coefficient (Wildman–Crippen LogP) is 4.16. The summed E-state index contributed by atoms with van der Waals surface area (Å²) in [6, 6.07) is 0. The third kappa shape index (κ3) is 12.2. The normalized spacial score (nSPS) is 18.6. The van der Waals surface area contributed by atoms with E-state index in [4.69, 9.17) is 9.79 Å². The Morgan fingerprint density at radius 3 is 2.32 bits per heavy atom. The molecule has 3 atom stereocenters. The highest BCUT2D eigenvalue weighted by Crippen LogP contribution is 2.63. The molecule has 8 nitrogen and oxygen atoms in total. The second-order valence-corrected chi connectivity index (χ2v) is 8.75. The standard InChI is InChI=1S/C11H19O8P3/c1-10(2)6-4-7-11(3)8-5-9-21(14,15)19-22(16,17)18-20(12)13/h5-6,8-9H,4,7H2,1-3H3,(H2-,12,13,14,15,16,17)/p+1. The molecule has 11 heteroatoms. The highest BCUT2D eigenvalue weighted by Gasteiger charge is 2.40. The molecular formula is C11H20O8P3+. The second-order valence-electron chi connectivity index (χ2n) is 4.61. The molecule has 0 saturated heterocycles. The third-order valence-electron chi connectivity index (χ3n) is 2.14.